The summed E-state index contributed by atoms with van der Waals surface area (Å²) in [7, 11) is 0. The Morgan fingerprint density at radius 3 is 2.80 bits per heavy atom. The molecule has 8 heteroatoms. The van der Waals surface area contributed by atoms with E-state index in [2.05, 4.69) is 9.30 Å². The van der Waals surface area contributed by atoms with Gasteiger partial charge >= 0.3 is 0 Å². The molecule has 0 spiro atoms. The molecule has 0 aliphatic carbocycles. The van der Waals surface area contributed by atoms with Crippen LogP contribution in [0.1, 0.15) is 12.6 Å². The number of hydrogen-bond donors (Lipinski definition) is 1. The average Bonchev–Trinajstić information content (AvgIpc) is 3.11. The summed E-state index contributed by atoms with van der Waals surface area (Å²) in [5, 5.41) is 0. The van der Waals surface area contributed by atoms with Crippen LogP contribution >= 0.6 is 0 Å². The van der Waals surface area contributed by atoms with E-state index in [9.17, 15) is 4.79 Å². The lowest BCUT2D eigenvalue weighted by atomic mass is 10.1. The fraction of sp³-hybridized carbons (Fsp3) is 0.364. The molecule has 0 atom stereocenters. The predicted octanol–water partition coefficient (Wildman–Crippen LogP) is 2.16. The molecule has 2 N–H and O–H groups in total. The monoisotopic (exact) mass is 407 g/mol. The predicted molar refractivity (Wildman–Crippen MR) is 115 cm³/mol. The largest absolute Gasteiger partial charge is 0.482 e. The molecule has 0 bridgehead atoms. The summed E-state index contributed by atoms with van der Waals surface area (Å²) in [6.45, 7) is 6.62. The van der Waals surface area contributed by atoms with Crippen molar-refractivity contribution in [3.8, 4) is 17.0 Å². The van der Waals surface area contributed by atoms with Gasteiger partial charge in [-0.2, -0.15) is 0 Å². The van der Waals surface area contributed by atoms with E-state index in [-0.39, 0.29) is 12.5 Å². The Bertz CT molecular complexity index is 1100. The van der Waals surface area contributed by atoms with E-state index in [0.29, 0.717) is 12.2 Å². The van der Waals surface area contributed by atoms with E-state index in [1.165, 1.54) is 0 Å². The van der Waals surface area contributed by atoms with Crippen molar-refractivity contribution in [2.45, 2.75) is 13.5 Å². The van der Waals surface area contributed by atoms with Crippen molar-refractivity contribution in [1.82, 2.24) is 14.3 Å². The average molecular weight is 407 g/mol. The van der Waals surface area contributed by atoms with Gasteiger partial charge in [0.25, 0.3) is 5.91 Å². The Labute approximate surface area is 174 Å². The van der Waals surface area contributed by atoms with Crippen LogP contribution in [0.2, 0.25) is 0 Å². The van der Waals surface area contributed by atoms with Crippen LogP contribution in [0, 0.1) is 0 Å². The van der Waals surface area contributed by atoms with Crippen LogP contribution in [0.4, 0.5) is 11.4 Å². The van der Waals surface area contributed by atoms with Crippen molar-refractivity contribution in [3.05, 3.63) is 42.2 Å². The molecule has 1 fully saturated rings. The van der Waals surface area contributed by atoms with E-state index in [4.69, 9.17) is 20.2 Å². The number of nitrogen functional groups attached to an aromatic ring is 1. The zero-order valence-electron chi connectivity index (χ0n) is 17.0. The molecule has 1 amide bonds. The molecule has 5 rings (SSSR count). The second-order valence-electron chi connectivity index (χ2n) is 7.60. The molecule has 2 aromatic heterocycles. The number of morpholine rings is 1. The Morgan fingerprint density at radius 1 is 1.17 bits per heavy atom. The van der Waals surface area contributed by atoms with Gasteiger partial charge in [0.1, 0.15) is 11.4 Å². The number of amides is 1. The third-order valence-corrected chi connectivity index (χ3v) is 5.71. The lowest BCUT2D eigenvalue weighted by Crippen LogP contribution is -2.38. The van der Waals surface area contributed by atoms with Crippen LogP contribution in [-0.2, 0) is 16.1 Å². The first kappa shape index (κ1) is 18.9. The van der Waals surface area contributed by atoms with Crippen LogP contribution in [0.5, 0.6) is 5.75 Å². The number of rotatable bonds is 4. The summed E-state index contributed by atoms with van der Waals surface area (Å²) in [5.74, 6) is 0.696. The molecular weight excluding hydrogens is 382 g/mol. The first-order chi connectivity index (χ1) is 14.6. The number of fused-ring (bicyclic) bond motifs is 2. The van der Waals surface area contributed by atoms with Crippen LogP contribution in [0.25, 0.3) is 16.9 Å². The maximum Gasteiger partial charge on any atom is 0.265 e. The zero-order valence-corrected chi connectivity index (χ0v) is 17.0. The number of nitrogens with zero attached hydrogens (tertiary/aromatic N) is 4. The number of nitrogens with two attached hydrogens (primary N) is 1. The van der Waals surface area contributed by atoms with Gasteiger partial charge in [-0.3, -0.25) is 9.69 Å². The molecule has 30 heavy (non-hydrogen) atoms. The number of anilines is 2. The van der Waals surface area contributed by atoms with Crippen molar-refractivity contribution < 1.29 is 14.3 Å². The number of ether oxygens (including phenoxy) is 2. The summed E-state index contributed by atoms with van der Waals surface area (Å²) >= 11 is 0. The summed E-state index contributed by atoms with van der Waals surface area (Å²) in [6.07, 6.45) is 1.92. The number of carbonyl (C=O) groups is 1. The Morgan fingerprint density at radius 2 is 2.00 bits per heavy atom. The van der Waals surface area contributed by atoms with Crippen LogP contribution < -0.4 is 15.4 Å². The summed E-state index contributed by atoms with van der Waals surface area (Å²) in [5.41, 5.74) is 11.3. The lowest BCUT2D eigenvalue weighted by Gasteiger charge is -2.29. The molecule has 3 aromatic rings. The number of hydrogen-bond acceptors (Lipinski definition) is 6. The third-order valence-electron chi connectivity index (χ3n) is 5.71. The van der Waals surface area contributed by atoms with Gasteiger partial charge in [0.15, 0.2) is 6.61 Å². The minimum atomic E-state index is -0.0292. The molecular formula is C22H25N5O3. The maximum atomic E-state index is 12.3. The molecule has 0 radical (unpaired) electrons. The highest BCUT2D eigenvalue weighted by Gasteiger charge is 2.26. The highest BCUT2D eigenvalue weighted by atomic mass is 16.5. The highest BCUT2D eigenvalue weighted by Crippen LogP contribution is 2.37. The topological polar surface area (TPSA) is 85.3 Å². The first-order valence-electron chi connectivity index (χ1n) is 10.3. The molecule has 1 aromatic carbocycles. The molecule has 4 heterocycles. The van der Waals surface area contributed by atoms with Crippen molar-refractivity contribution >= 4 is 22.9 Å². The van der Waals surface area contributed by atoms with Gasteiger partial charge in [-0.15, -0.1) is 0 Å². The maximum absolute atomic E-state index is 12.3. The van der Waals surface area contributed by atoms with E-state index in [0.717, 1.165) is 66.9 Å². The number of imidazole rings is 1. The summed E-state index contributed by atoms with van der Waals surface area (Å²) in [6, 6.07) is 9.74. The summed E-state index contributed by atoms with van der Waals surface area (Å²) < 4.78 is 13.2. The van der Waals surface area contributed by atoms with Gasteiger partial charge in [0.2, 0.25) is 0 Å². The van der Waals surface area contributed by atoms with E-state index in [1.807, 2.05) is 43.5 Å². The molecule has 0 saturated carbocycles. The molecule has 156 valence electrons. The first-order valence-corrected chi connectivity index (χ1v) is 10.3. The summed E-state index contributed by atoms with van der Waals surface area (Å²) in [4.78, 5) is 21.3. The molecule has 1 saturated heterocycles. The van der Waals surface area contributed by atoms with Crippen LogP contribution in [0.3, 0.4) is 0 Å². The Kier molecular flexibility index (Phi) is 4.80. The Hall–Kier alpha value is -3.10. The number of benzene rings is 1. The van der Waals surface area contributed by atoms with E-state index >= 15 is 0 Å². The van der Waals surface area contributed by atoms with Crippen molar-refractivity contribution in [2.24, 2.45) is 0 Å². The van der Waals surface area contributed by atoms with Crippen LogP contribution in [-0.4, -0.2) is 59.6 Å². The van der Waals surface area contributed by atoms with Crippen molar-refractivity contribution in [2.75, 3.05) is 50.1 Å². The number of carbonyl (C=O) groups excluding carboxylic acids is 1. The normalized spacial score (nSPS) is 17.2. The minimum absolute atomic E-state index is 0.0292. The fourth-order valence-electron chi connectivity index (χ4n) is 4.16. The van der Waals surface area contributed by atoms with Gasteiger partial charge in [0.05, 0.1) is 30.3 Å². The third kappa shape index (κ3) is 3.28. The van der Waals surface area contributed by atoms with Gasteiger partial charge in [0, 0.05) is 43.6 Å². The molecule has 0 unspecified atom stereocenters. The number of likely N-dealkylation sites (N-methyl/N-ethyl adjacent to an activating group) is 1. The van der Waals surface area contributed by atoms with Gasteiger partial charge in [-0.05, 0) is 37.3 Å². The van der Waals surface area contributed by atoms with E-state index < -0.39 is 0 Å². The number of pyridine rings is 1. The minimum Gasteiger partial charge on any atom is -0.482 e. The smallest absolute Gasteiger partial charge is 0.265 e. The van der Waals surface area contributed by atoms with Crippen LogP contribution in [0.15, 0.2) is 36.5 Å². The molecule has 8 nitrogen and oxygen atoms in total. The van der Waals surface area contributed by atoms with Gasteiger partial charge in [-0.1, -0.05) is 0 Å². The zero-order chi connectivity index (χ0) is 20.7. The van der Waals surface area contributed by atoms with E-state index in [1.54, 1.807) is 4.90 Å². The highest BCUT2D eigenvalue weighted by molar-refractivity contribution is 5.98. The quantitative estimate of drug-likeness (QED) is 0.713. The molecule has 2 aliphatic rings. The van der Waals surface area contributed by atoms with Gasteiger partial charge < -0.3 is 24.5 Å². The Balaban J connectivity index is 1.62. The second kappa shape index (κ2) is 7.62. The number of aromatic nitrogens is 2. The SMILES string of the molecule is CCN1C(=O)COc2ccc(-c3nc4ccc(N)cn4c3CN3CCOCC3)cc21. The standard InChI is InChI=1S/C22H25N5O3/c1-2-26-17-11-15(3-5-19(17)30-14-21(26)28)22-18(13-25-7-9-29-10-8-25)27-12-16(23)4-6-20(27)24-22/h3-6,11-12H,2,7-10,13-14,23H2,1H3. The molecule has 2 aliphatic heterocycles. The second-order valence-corrected chi connectivity index (χ2v) is 7.60. The fourth-order valence-corrected chi connectivity index (χ4v) is 4.16. The van der Waals surface area contributed by atoms with Gasteiger partial charge in [-0.25, -0.2) is 4.98 Å². The van der Waals surface area contributed by atoms with Crippen molar-refractivity contribution in [3.63, 3.8) is 0 Å². The lowest BCUT2D eigenvalue weighted by molar-refractivity contribution is -0.121. The van der Waals surface area contributed by atoms with Crippen molar-refractivity contribution in [1.29, 1.82) is 0 Å².